The van der Waals surface area contributed by atoms with Gasteiger partial charge in [-0.05, 0) is 12.1 Å². The minimum atomic E-state index is -0.297. The first kappa shape index (κ1) is 15.4. The van der Waals surface area contributed by atoms with Crippen LogP contribution in [0.5, 0.6) is 0 Å². The molecule has 0 saturated heterocycles. The number of thioether (sulfide) groups is 1. The van der Waals surface area contributed by atoms with E-state index < -0.39 is 0 Å². The van der Waals surface area contributed by atoms with Crippen LogP contribution in [0.25, 0.3) is 0 Å². The van der Waals surface area contributed by atoms with Gasteiger partial charge in [-0.25, -0.2) is 4.79 Å². The molecule has 0 bridgehead atoms. The van der Waals surface area contributed by atoms with Crippen LogP contribution in [0.4, 0.5) is 10.5 Å². The Kier molecular flexibility index (Phi) is 5.21. The fraction of sp³-hybridized carbons (Fsp3) is 0.357. The van der Waals surface area contributed by atoms with Crippen molar-refractivity contribution in [2.45, 2.75) is 37.5 Å². The Labute approximate surface area is 127 Å². The van der Waals surface area contributed by atoms with Gasteiger partial charge in [-0.2, -0.15) is 4.98 Å². The Morgan fingerprint density at radius 2 is 2.14 bits per heavy atom. The summed E-state index contributed by atoms with van der Waals surface area (Å²) in [6, 6.07) is 7.42. The van der Waals surface area contributed by atoms with E-state index in [0.717, 1.165) is 10.6 Å². The molecular weight excluding hydrogens is 288 g/mol. The molecule has 0 aliphatic heterocycles. The molecule has 1 aromatic carbocycles. The van der Waals surface area contributed by atoms with E-state index in [1.54, 1.807) is 18.7 Å². The van der Waals surface area contributed by atoms with Crippen molar-refractivity contribution in [3.8, 4) is 0 Å². The fourth-order valence-corrected chi connectivity index (χ4v) is 2.58. The molecule has 7 heteroatoms. The van der Waals surface area contributed by atoms with Crippen LogP contribution in [0.1, 0.15) is 25.6 Å². The molecule has 21 heavy (non-hydrogen) atoms. The summed E-state index contributed by atoms with van der Waals surface area (Å²) in [6.45, 7) is 6.15. The molecule has 2 aromatic rings. The Balaban J connectivity index is 1.93. The first-order valence-corrected chi connectivity index (χ1v) is 7.52. The van der Waals surface area contributed by atoms with Gasteiger partial charge < -0.3 is 15.2 Å². The van der Waals surface area contributed by atoms with Crippen LogP contribution < -0.4 is 10.6 Å². The summed E-state index contributed by atoms with van der Waals surface area (Å²) in [5, 5.41) is 9.69. The highest BCUT2D eigenvalue weighted by molar-refractivity contribution is 8.00. The van der Waals surface area contributed by atoms with Gasteiger partial charge in [-0.3, -0.25) is 0 Å². The monoisotopic (exact) mass is 306 g/mol. The number of benzene rings is 1. The highest BCUT2D eigenvalue weighted by Crippen LogP contribution is 2.29. The molecule has 2 rings (SSSR count). The van der Waals surface area contributed by atoms with E-state index in [-0.39, 0.29) is 12.6 Å². The van der Waals surface area contributed by atoms with Crippen molar-refractivity contribution in [1.29, 1.82) is 0 Å². The van der Waals surface area contributed by atoms with Gasteiger partial charge in [0, 0.05) is 17.1 Å². The van der Waals surface area contributed by atoms with Crippen molar-refractivity contribution >= 4 is 23.5 Å². The molecular formula is C14H18N4O2S. The second-order valence-electron chi connectivity index (χ2n) is 4.70. The molecule has 2 N–H and O–H groups in total. The molecule has 0 aliphatic carbocycles. The average molecular weight is 306 g/mol. The van der Waals surface area contributed by atoms with Crippen molar-refractivity contribution in [2.24, 2.45) is 0 Å². The number of hydrogen-bond donors (Lipinski definition) is 2. The Morgan fingerprint density at radius 1 is 1.38 bits per heavy atom. The maximum Gasteiger partial charge on any atom is 0.319 e. The zero-order chi connectivity index (χ0) is 15.2. The van der Waals surface area contributed by atoms with Crippen LogP contribution in [0.15, 0.2) is 33.7 Å². The van der Waals surface area contributed by atoms with Crippen molar-refractivity contribution < 1.29 is 9.32 Å². The Morgan fingerprint density at radius 3 is 2.81 bits per heavy atom. The second-order valence-corrected chi connectivity index (χ2v) is 6.32. The van der Waals surface area contributed by atoms with Crippen molar-refractivity contribution in [3.05, 3.63) is 36.0 Å². The topological polar surface area (TPSA) is 80.0 Å². The normalized spacial score (nSPS) is 10.7. The lowest BCUT2D eigenvalue weighted by molar-refractivity contribution is 0.251. The van der Waals surface area contributed by atoms with Gasteiger partial charge >= 0.3 is 6.03 Å². The van der Waals surface area contributed by atoms with E-state index >= 15 is 0 Å². The lowest BCUT2D eigenvalue weighted by Crippen LogP contribution is -2.28. The number of urea groups is 1. The molecule has 1 heterocycles. The summed E-state index contributed by atoms with van der Waals surface area (Å²) in [5.41, 5.74) is 0.790. The molecule has 1 aromatic heterocycles. The van der Waals surface area contributed by atoms with E-state index in [0.29, 0.717) is 17.0 Å². The lowest BCUT2D eigenvalue weighted by atomic mass is 10.3. The minimum absolute atomic E-state index is 0.225. The third-order valence-corrected chi connectivity index (χ3v) is 3.56. The number of anilines is 1. The van der Waals surface area contributed by atoms with Crippen LogP contribution in [0.3, 0.4) is 0 Å². The van der Waals surface area contributed by atoms with E-state index in [1.165, 1.54) is 0 Å². The predicted octanol–water partition coefficient (Wildman–Crippen LogP) is 3.20. The minimum Gasteiger partial charge on any atom is -0.340 e. The molecule has 0 spiro atoms. The number of amides is 2. The quantitative estimate of drug-likeness (QED) is 0.829. The number of aromatic nitrogens is 2. The largest absolute Gasteiger partial charge is 0.340 e. The predicted molar refractivity (Wildman–Crippen MR) is 82.3 cm³/mol. The molecule has 0 saturated carbocycles. The third-order valence-electron chi connectivity index (χ3n) is 2.47. The average Bonchev–Trinajstić information content (AvgIpc) is 2.84. The number of carbonyl (C=O) groups is 1. The van der Waals surface area contributed by atoms with E-state index in [2.05, 4.69) is 34.6 Å². The molecule has 0 atom stereocenters. The molecule has 0 fully saturated rings. The smallest absolute Gasteiger partial charge is 0.319 e. The number of hydrogen-bond acceptors (Lipinski definition) is 5. The number of rotatable bonds is 5. The fourth-order valence-electron chi connectivity index (χ4n) is 1.67. The zero-order valence-electron chi connectivity index (χ0n) is 12.2. The number of carbonyl (C=O) groups excluding carboxylic acids is 1. The Bertz CT molecular complexity index is 613. The molecule has 112 valence electrons. The SMILES string of the molecule is Cc1nc(CNC(=O)Nc2ccccc2SC(C)C)no1. The second kappa shape index (κ2) is 7.12. The third kappa shape index (κ3) is 4.78. The van der Waals surface area contributed by atoms with Crippen LogP contribution in [-0.4, -0.2) is 21.4 Å². The first-order valence-electron chi connectivity index (χ1n) is 6.64. The van der Waals surface area contributed by atoms with Gasteiger partial charge in [0.2, 0.25) is 5.89 Å². The maximum atomic E-state index is 11.9. The molecule has 2 amide bonds. The molecule has 6 nitrogen and oxygen atoms in total. The molecule has 0 unspecified atom stereocenters. The van der Waals surface area contributed by atoms with Gasteiger partial charge in [-0.1, -0.05) is 31.1 Å². The first-order chi connectivity index (χ1) is 10.0. The number of nitrogens with zero attached hydrogens (tertiary/aromatic N) is 2. The Hall–Kier alpha value is -2.02. The van der Waals surface area contributed by atoms with E-state index in [9.17, 15) is 4.79 Å². The maximum absolute atomic E-state index is 11.9. The zero-order valence-corrected chi connectivity index (χ0v) is 13.0. The van der Waals surface area contributed by atoms with Gasteiger partial charge in [0.25, 0.3) is 0 Å². The molecule has 0 aliphatic rings. The van der Waals surface area contributed by atoms with Crippen LogP contribution >= 0.6 is 11.8 Å². The summed E-state index contributed by atoms with van der Waals surface area (Å²) in [6.07, 6.45) is 0. The summed E-state index contributed by atoms with van der Waals surface area (Å²) in [5.74, 6) is 0.929. The molecule has 0 radical (unpaired) electrons. The van der Waals surface area contributed by atoms with Gasteiger partial charge in [0.05, 0.1) is 12.2 Å². The van der Waals surface area contributed by atoms with Crippen molar-refractivity contribution in [1.82, 2.24) is 15.5 Å². The summed E-state index contributed by atoms with van der Waals surface area (Å²) in [4.78, 5) is 17.0. The van der Waals surface area contributed by atoms with E-state index in [4.69, 9.17) is 4.52 Å². The summed E-state index contributed by atoms with van der Waals surface area (Å²) >= 11 is 1.70. The lowest BCUT2D eigenvalue weighted by Gasteiger charge is -2.12. The highest BCUT2D eigenvalue weighted by Gasteiger charge is 2.09. The van der Waals surface area contributed by atoms with Crippen LogP contribution in [0, 0.1) is 6.92 Å². The van der Waals surface area contributed by atoms with Crippen molar-refractivity contribution in [2.75, 3.05) is 5.32 Å². The number of nitrogens with one attached hydrogen (secondary N) is 2. The number of para-hydroxylation sites is 1. The van der Waals surface area contributed by atoms with Crippen molar-refractivity contribution in [3.63, 3.8) is 0 Å². The van der Waals surface area contributed by atoms with Crippen LogP contribution in [0.2, 0.25) is 0 Å². The van der Waals surface area contributed by atoms with Gasteiger partial charge in [0.1, 0.15) is 0 Å². The number of aryl methyl sites for hydroxylation is 1. The van der Waals surface area contributed by atoms with E-state index in [1.807, 2.05) is 24.3 Å². The van der Waals surface area contributed by atoms with Gasteiger partial charge in [-0.15, -0.1) is 11.8 Å². The standard InChI is InChI=1S/C14H18N4O2S/c1-9(2)21-12-7-5-4-6-11(12)17-14(19)15-8-13-16-10(3)20-18-13/h4-7,9H,8H2,1-3H3,(H2,15,17,19). The van der Waals surface area contributed by atoms with Gasteiger partial charge in [0.15, 0.2) is 5.82 Å². The summed E-state index contributed by atoms with van der Waals surface area (Å²) < 4.78 is 4.84. The van der Waals surface area contributed by atoms with Crippen LogP contribution in [-0.2, 0) is 6.54 Å². The highest BCUT2D eigenvalue weighted by atomic mass is 32.2. The summed E-state index contributed by atoms with van der Waals surface area (Å²) in [7, 11) is 0.